The van der Waals surface area contributed by atoms with Gasteiger partial charge in [0.2, 0.25) is 0 Å². The van der Waals surface area contributed by atoms with Crippen molar-refractivity contribution in [3.8, 4) is 5.75 Å². The lowest BCUT2D eigenvalue weighted by Gasteiger charge is -2.31. The molecule has 1 aliphatic rings. The second-order valence-corrected chi connectivity index (χ2v) is 3.56. The van der Waals surface area contributed by atoms with Crippen molar-refractivity contribution < 1.29 is 13.5 Å². The Labute approximate surface area is 84.6 Å². The fourth-order valence-electron chi connectivity index (χ4n) is 1.40. The number of halogens is 3. The van der Waals surface area contributed by atoms with Gasteiger partial charge < -0.3 is 10.5 Å². The highest BCUT2D eigenvalue weighted by Gasteiger charge is 2.45. The number of hydrogen-bond donors (Lipinski definition) is 1. The van der Waals surface area contributed by atoms with Crippen LogP contribution in [0.25, 0.3) is 0 Å². The highest BCUT2D eigenvalue weighted by atomic mass is 35.5. The van der Waals surface area contributed by atoms with Crippen LogP contribution < -0.4 is 10.5 Å². The zero-order valence-corrected chi connectivity index (χ0v) is 7.89. The molecule has 0 spiro atoms. The first-order valence-corrected chi connectivity index (χ1v) is 4.46. The van der Waals surface area contributed by atoms with Crippen LogP contribution in [-0.4, -0.2) is 12.6 Å². The third-order valence-electron chi connectivity index (χ3n) is 2.20. The van der Waals surface area contributed by atoms with Crippen LogP contribution in [0.5, 0.6) is 5.75 Å². The molecular weight excluding hydrogens is 212 g/mol. The predicted octanol–water partition coefficient (Wildman–Crippen LogP) is 2.15. The van der Waals surface area contributed by atoms with Crippen molar-refractivity contribution in [2.75, 3.05) is 6.61 Å². The molecule has 1 aromatic rings. The fraction of sp³-hybridized carbons (Fsp3) is 0.333. The number of fused-ring (bicyclic) bond motifs is 1. The van der Waals surface area contributed by atoms with Gasteiger partial charge in [0, 0.05) is 0 Å². The summed E-state index contributed by atoms with van der Waals surface area (Å²) in [6.45, 7) is -0.219. The van der Waals surface area contributed by atoms with Gasteiger partial charge in [-0.3, -0.25) is 0 Å². The zero-order chi connectivity index (χ0) is 10.3. The van der Waals surface area contributed by atoms with Crippen molar-refractivity contribution in [3.05, 3.63) is 28.8 Å². The molecule has 2 N–H and O–H groups in total. The van der Waals surface area contributed by atoms with Crippen molar-refractivity contribution in [2.24, 2.45) is 5.73 Å². The molecule has 1 heterocycles. The molecule has 2 rings (SSSR count). The normalized spacial score (nSPS) is 23.9. The van der Waals surface area contributed by atoms with Gasteiger partial charge in [0.15, 0.2) is 0 Å². The zero-order valence-electron chi connectivity index (χ0n) is 7.14. The molecule has 76 valence electrons. The van der Waals surface area contributed by atoms with E-state index >= 15 is 0 Å². The maximum atomic E-state index is 13.5. The predicted molar refractivity (Wildman–Crippen MR) is 48.8 cm³/mol. The van der Waals surface area contributed by atoms with E-state index in [-0.39, 0.29) is 22.9 Å². The topological polar surface area (TPSA) is 35.2 Å². The van der Waals surface area contributed by atoms with E-state index in [1.54, 1.807) is 0 Å². The van der Waals surface area contributed by atoms with Crippen molar-refractivity contribution in [1.82, 2.24) is 0 Å². The lowest BCUT2D eigenvalue weighted by molar-refractivity contribution is -0.0594. The van der Waals surface area contributed by atoms with E-state index in [0.717, 1.165) is 0 Å². The van der Waals surface area contributed by atoms with Crippen LogP contribution in [0.4, 0.5) is 8.78 Å². The molecule has 14 heavy (non-hydrogen) atoms. The molecule has 1 aromatic carbocycles. The minimum Gasteiger partial charge on any atom is -0.490 e. The highest BCUT2D eigenvalue weighted by Crippen LogP contribution is 2.43. The smallest absolute Gasteiger partial charge is 0.294 e. The van der Waals surface area contributed by atoms with Crippen LogP contribution in [0.15, 0.2) is 18.2 Å². The number of hydrogen-bond acceptors (Lipinski definition) is 2. The van der Waals surface area contributed by atoms with Gasteiger partial charge in [-0.05, 0) is 12.1 Å². The first-order valence-electron chi connectivity index (χ1n) is 4.08. The molecule has 0 bridgehead atoms. The Balaban J connectivity index is 2.59. The SMILES string of the molecule is NC1COc2c(Cl)cccc2C1(F)F. The summed E-state index contributed by atoms with van der Waals surface area (Å²) in [5.74, 6) is -3.03. The maximum absolute atomic E-state index is 13.5. The third kappa shape index (κ3) is 1.26. The summed E-state index contributed by atoms with van der Waals surface area (Å²) >= 11 is 5.72. The highest BCUT2D eigenvalue weighted by molar-refractivity contribution is 6.32. The summed E-state index contributed by atoms with van der Waals surface area (Å²) in [5.41, 5.74) is 5.03. The summed E-state index contributed by atoms with van der Waals surface area (Å²) in [7, 11) is 0. The molecule has 0 radical (unpaired) electrons. The maximum Gasteiger partial charge on any atom is 0.294 e. The van der Waals surface area contributed by atoms with E-state index in [1.165, 1.54) is 18.2 Å². The second-order valence-electron chi connectivity index (χ2n) is 3.16. The van der Waals surface area contributed by atoms with Crippen LogP contribution in [0, 0.1) is 0 Å². The van der Waals surface area contributed by atoms with Crippen molar-refractivity contribution in [3.63, 3.8) is 0 Å². The first kappa shape index (κ1) is 9.68. The molecule has 1 unspecified atom stereocenters. The summed E-state index contributed by atoms with van der Waals surface area (Å²) in [5, 5.41) is 0.189. The van der Waals surface area contributed by atoms with Crippen LogP contribution in [0.3, 0.4) is 0 Å². The molecule has 1 aliphatic heterocycles. The van der Waals surface area contributed by atoms with Gasteiger partial charge in [0.05, 0.1) is 10.6 Å². The van der Waals surface area contributed by atoms with Crippen molar-refractivity contribution in [2.45, 2.75) is 12.0 Å². The largest absolute Gasteiger partial charge is 0.490 e. The molecule has 0 amide bonds. The lowest BCUT2D eigenvalue weighted by atomic mass is 9.99. The molecule has 0 aromatic heterocycles. The summed E-state index contributed by atoms with van der Waals surface area (Å²) in [4.78, 5) is 0. The van der Waals surface area contributed by atoms with Gasteiger partial charge >= 0.3 is 0 Å². The number of ether oxygens (including phenoxy) is 1. The van der Waals surface area contributed by atoms with Gasteiger partial charge in [-0.25, -0.2) is 0 Å². The van der Waals surface area contributed by atoms with Crippen LogP contribution in [0.1, 0.15) is 5.56 Å². The monoisotopic (exact) mass is 219 g/mol. The van der Waals surface area contributed by atoms with Gasteiger partial charge in [0.25, 0.3) is 5.92 Å². The van der Waals surface area contributed by atoms with Gasteiger partial charge in [-0.2, -0.15) is 8.78 Å². The van der Waals surface area contributed by atoms with E-state index in [1.807, 2.05) is 0 Å². The quantitative estimate of drug-likeness (QED) is 0.726. The van der Waals surface area contributed by atoms with Gasteiger partial charge in [-0.15, -0.1) is 0 Å². The van der Waals surface area contributed by atoms with Crippen LogP contribution in [-0.2, 0) is 5.92 Å². The van der Waals surface area contributed by atoms with Crippen molar-refractivity contribution in [1.29, 1.82) is 0 Å². The molecule has 0 saturated heterocycles. The summed E-state index contributed by atoms with van der Waals surface area (Å²) in [6, 6.07) is 2.93. The Morgan fingerprint density at radius 3 is 2.93 bits per heavy atom. The lowest BCUT2D eigenvalue weighted by Crippen LogP contribution is -2.46. The van der Waals surface area contributed by atoms with E-state index in [4.69, 9.17) is 22.1 Å². The Morgan fingerprint density at radius 1 is 1.50 bits per heavy atom. The molecule has 0 aliphatic carbocycles. The average Bonchev–Trinajstić information content (AvgIpc) is 2.13. The fourth-order valence-corrected chi connectivity index (χ4v) is 1.62. The molecule has 0 saturated carbocycles. The van der Waals surface area contributed by atoms with Crippen LogP contribution >= 0.6 is 11.6 Å². The Bertz CT molecular complexity index is 370. The van der Waals surface area contributed by atoms with E-state index in [2.05, 4.69) is 0 Å². The third-order valence-corrected chi connectivity index (χ3v) is 2.50. The van der Waals surface area contributed by atoms with E-state index in [9.17, 15) is 8.78 Å². The first-order chi connectivity index (χ1) is 6.53. The molecule has 0 fully saturated rings. The molecule has 1 atom stereocenters. The second kappa shape index (κ2) is 3.07. The standard InChI is InChI=1S/C9H8ClF2NO/c10-6-3-1-2-5-8(6)14-4-7(13)9(5,11)12/h1-3,7H,4,13H2. The minimum absolute atomic E-state index is 0.0425. The Morgan fingerprint density at radius 2 is 2.21 bits per heavy atom. The summed E-state index contributed by atoms with van der Waals surface area (Å²) in [6.07, 6.45) is 0. The average molecular weight is 220 g/mol. The molecule has 2 nitrogen and oxygen atoms in total. The van der Waals surface area contributed by atoms with E-state index in [0.29, 0.717) is 0 Å². The number of rotatable bonds is 0. The number of nitrogens with two attached hydrogens (primary N) is 1. The molecule has 5 heteroatoms. The van der Waals surface area contributed by atoms with Crippen molar-refractivity contribution >= 4 is 11.6 Å². The Kier molecular flexibility index (Phi) is 2.12. The van der Waals surface area contributed by atoms with E-state index < -0.39 is 12.0 Å². The number of alkyl halides is 2. The van der Waals surface area contributed by atoms with Gasteiger partial charge in [-0.1, -0.05) is 17.7 Å². The van der Waals surface area contributed by atoms with Gasteiger partial charge in [0.1, 0.15) is 18.4 Å². The minimum atomic E-state index is -3.07. The summed E-state index contributed by atoms with van der Waals surface area (Å²) < 4.78 is 32.1. The number of para-hydroxylation sites is 1. The number of benzene rings is 1. The molecular formula is C9H8ClF2NO. The van der Waals surface area contributed by atoms with Crippen LogP contribution in [0.2, 0.25) is 5.02 Å². The Hall–Kier alpha value is -0.870.